The number of hydrogen-bond donors (Lipinski definition) is 0. The first-order valence-corrected chi connectivity index (χ1v) is 11.7. The van der Waals surface area contributed by atoms with Crippen LogP contribution in [0.4, 0.5) is 0 Å². The summed E-state index contributed by atoms with van der Waals surface area (Å²) in [6, 6.07) is 26.1. The molecule has 1 aromatic heterocycles. The summed E-state index contributed by atoms with van der Waals surface area (Å²) in [7, 11) is 0. The minimum atomic E-state index is -0.0786. The van der Waals surface area contributed by atoms with Gasteiger partial charge in [-0.15, -0.1) is 0 Å². The summed E-state index contributed by atoms with van der Waals surface area (Å²) in [5.41, 5.74) is 3.02. The average molecular weight is 469 g/mol. The van der Waals surface area contributed by atoms with E-state index in [1.807, 2.05) is 54.6 Å². The number of benzene rings is 3. The second kappa shape index (κ2) is 9.57. The van der Waals surface area contributed by atoms with Crippen LogP contribution in [-0.2, 0) is 17.9 Å². The predicted octanol–water partition coefficient (Wildman–Crippen LogP) is 6.22. The molecule has 2 heterocycles. The Bertz CT molecular complexity index is 1350. The summed E-state index contributed by atoms with van der Waals surface area (Å²) in [6.07, 6.45) is 5.33. The van der Waals surface area contributed by atoms with Crippen molar-refractivity contribution in [3.05, 3.63) is 113 Å². The highest BCUT2D eigenvalue weighted by Gasteiger charge is 2.31. The number of hydrogen-bond acceptors (Lipinski definition) is 5. The lowest BCUT2D eigenvalue weighted by Gasteiger charge is -2.13. The van der Waals surface area contributed by atoms with Gasteiger partial charge in [-0.2, -0.15) is 0 Å². The van der Waals surface area contributed by atoms with E-state index < -0.39 is 0 Å². The zero-order valence-electron chi connectivity index (χ0n) is 17.7. The number of aromatic nitrogens is 1. The van der Waals surface area contributed by atoms with Gasteiger partial charge in [0.05, 0.1) is 11.4 Å². The molecule has 5 rings (SSSR count). The number of carbonyl (C=O) groups excluding carboxylic acids is 1. The van der Waals surface area contributed by atoms with Crippen LogP contribution in [-0.4, -0.2) is 20.1 Å². The van der Waals surface area contributed by atoms with Crippen molar-refractivity contribution >= 4 is 51.1 Å². The highest BCUT2D eigenvalue weighted by atomic mass is 32.2. The molecule has 1 amide bonds. The maximum absolute atomic E-state index is 12.9. The molecule has 0 radical (unpaired) electrons. The normalized spacial score (nSPS) is 14.9. The number of thioether (sulfide) groups is 1. The smallest absolute Gasteiger partial charge is 0.266 e. The molecule has 1 aliphatic heterocycles. The fraction of sp³-hybridized carbons (Fsp3) is 0.0741. The van der Waals surface area contributed by atoms with E-state index >= 15 is 0 Å². The van der Waals surface area contributed by atoms with E-state index in [-0.39, 0.29) is 5.91 Å². The summed E-state index contributed by atoms with van der Waals surface area (Å²) in [5.74, 6) is 0.703. The Morgan fingerprint density at radius 3 is 2.61 bits per heavy atom. The van der Waals surface area contributed by atoms with Crippen molar-refractivity contribution < 1.29 is 9.53 Å². The summed E-state index contributed by atoms with van der Waals surface area (Å²) >= 11 is 6.76. The van der Waals surface area contributed by atoms with E-state index in [4.69, 9.17) is 17.0 Å². The third kappa shape index (κ3) is 4.82. The van der Waals surface area contributed by atoms with Crippen molar-refractivity contribution in [2.45, 2.75) is 13.2 Å². The average Bonchev–Trinajstić information content (AvgIpc) is 3.11. The molecule has 33 heavy (non-hydrogen) atoms. The lowest BCUT2D eigenvalue weighted by atomic mass is 10.1. The number of rotatable bonds is 6. The molecule has 4 aromatic rings. The van der Waals surface area contributed by atoms with E-state index in [9.17, 15) is 4.79 Å². The Labute approximate surface area is 201 Å². The second-order valence-corrected chi connectivity index (χ2v) is 9.30. The Morgan fingerprint density at radius 1 is 0.970 bits per heavy atom. The van der Waals surface area contributed by atoms with Gasteiger partial charge >= 0.3 is 0 Å². The van der Waals surface area contributed by atoms with Crippen molar-refractivity contribution in [3.8, 4) is 5.75 Å². The number of fused-ring (bicyclic) bond motifs is 1. The monoisotopic (exact) mass is 468 g/mol. The van der Waals surface area contributed by atoms with Crippen LogP contribution in [0.15, 0.2) is 96.2 Å². The number of nitrogens with zero attached hydrogens (tertiary/aromatic N) is 2. The molecular weight excluding hydrogens is 448 g/mol. The van der Waals surface area contributed by atoms with E-state index in [1.54, 1.807) is 17.3 Å². The number of pyridine rings is 1. The molecule has 1 fully saturated rings. The SMILES string of the molecule is O=C1/C(=C/c2ccc(OCc3cccc4ccccc34)cc2)SC(=S)N1Cc1cccnc1. The van der Waals surface area contributed by atoms with E-state index in [1.165, 1.54) is 22.5 Å². The first kappa shape index (κ1) is 21.4. The van der Waals surface area contributed by atoms with Crippen molar-refractivity contribution in [1.29, 1.82) is 0 Å². The van der Waals surface area contributed by atoms with Gasteiger partial charge in [-0.25, -0.2) is 0 Å². The molecule has 0 bridgehead atoms. The highest BCUT2D eigenvalue weighted by Crippen LogP contribution is 2.33. The molecule has 0 saturated carbocycles. The van der Waals surface area contributed by atoms with Crippen molar-refractivity contribution in [2.75, 3.05) is 0 Å². The first-order chi connectivity index (χ1) is 16.2. The molecule has 1 aliphatic rings. The molecule has 3 aromatic carbocycles. The number of ether oxygens (including phenoxy) is 1. The van der Waals surface area contributed by atoms with E-state index in [0.29, 0.717) is 22.4 Å². The van der Waals surface area contributed by atoms with Gasteiger partial charge in [0.15, 0.2) is 0 Å². The van der Waals surface area contributed by atoms with Crippen LogP contribution in [0, 0.1) is 0 Å². The van der Waals surface area contributed by atoms with E-state index in [2.05, 4.69) is 35.3 Å². The van der Waals surface area contributed by atoms with E-state index in [0.717, 1.165) is 22.4 Å². The number of carbonyl (C=O) groups is 1. The lowest BCUT2D eigenvalue weighted by molar-refractivity contribution is -0.122. The van der Waals surface area contributed by atoms with Gasteiger partial charge in [-0.05, 0) is 51.7 Å². The molecule has 1 saturated heterocycles. The molecule has 6 heteroatoms. The zero-order valence-corrected chi connectivity index (χ0v) is 19.3. The predicted molar refractivity (Wildman–Crippen MR) is 138 cm³/mol. The maximum Gasteiger partial charge on any atom is 0.266 e. The lowest BCUT2D eigenvalue weighted by Crippen LogP contribution is -2.27. The van der Waals surface area contributed by atoms with Crippen LogP contribution in [0.3, 0.4) is 0 Å². The molecule has 162 valence electrons. The Hall–Kier alpha value is -3.48. The largest absolute Gasteiger partial charge is 0.489 e. The third-order valence-electron chi connectivity index (χ3n) is 5.39. The van der Waals surface area contributed by atoms with Gasteiger partial charge in [-0.1, -0.05) is 84.6 Å². The Morgan fingerprint density at radius 2 is 1.79 bits per heavy atom. The second-order valence-electron chi connectivity index (χ2n) is 7.63. The van der Waals surface area contributed by atoms with Crippen molar-refractivity contribution in [2.24, 2.45) is 0 Å². The van der Waals surface area contributed by atoms with Gasteiger partial charge in [0.2, 0.25) is 0 Å². The summed E-state index contributed by atoms with van der Waals surface area (Å²) in [4.78, 5) is 19.2. The minimum Gasteiger partial charge on any atom is -0.489 e. The molecular formula is C27H20N2O2S2. The molecule has 0 spiro atoms. The van der Waals surface area contributed by atoms with Crippen LogP contribution in [0.5, 0.6) is 5.75 Å². The van der Waals surface area contributed by atoms with Crippen LogP contribution in [0.25, 0.3) is 16.8 Å². The first-order valence-electron chi connectivity index (χ1n) is 10.5. The van der Waals surface area contributed by atoms with Crippen LogP contribution in [0.2, 0.25) is 0 Å². The zero-order chi connectivity index (χ0) is 22.6. The van der Waals surface area contributed by atoms with Gasteiger partial charge in [0.1, 0.15) is 16.7 Å². The highest BCUT2D eigenvalue weighted by molar-refractivity contribution is 8.26. The topological polar surface area (TPSA) is 42.4 Å². The molecule has 4 nitrogen and oxygen atoms in total. The number of amides is 1. The Kier molecular flexibility index (Phi) is 6.19. The summed E-state index contributed by atoms with van der Waals surface area (Å²) in [6.45, 7) is 0.921. The summed E-state index contributed by atoms with van der Waals surface area (Å²) < 4.78 is 6.58. The molecule has 0 aliphatic carbocycles. The molecule has 0 N–H and O–H groups in total. The van der Waals surface area contributed by atoms with Crippen LogP contribution >= 0.6 is 24.0 Å². The summed E-state index contributed by atoms with van der Waals surface area (Å²) in [5, 5.41) is 2.40. The van der Waals surface area contributed by atoms with Crippen molar-refractivity contribution in [3.63, 3.8) is 0 Å². The van der Waals surface area contributed by atoms with Gasteiger partial charge in [0, 0.05) is 12.4 Å². The van der Waals surface area contributed by atoms with Gasteiger partial charge in [0.25, 0.3) is 5.91 Å². The van der Waals surface area contributed by atoms with Gasteiger partial charge in [-0.3, -0.25) is 14.7 Å². The Balaban J connectivity index is 1.26. The van der Waals surface area contributed by atoms with Crippen LogP contribution < -0.4 is 4.74 Å². The maximum atomic E-state index is 12.9. The fourth-order valence-corrected chi connectivity index (χ4v) is 4.96. The minimum absolute atomic E-state index is 0.0786. The number of thiocarbonyl (C=S) groups is 1. The van der Waals surface area contributed by atoms with Crippen molar-refractivity contribution in [1.82, 2.24) is 9.88 Å². The van der Waals surface area contributed by atoms with Gasteiger partial charge < -0.3 is 4.74 Å². The fourth-order valence-electron chi connectivity index (χ4n) is 3.70. The molecule has 0 unspecified atom stereocenters. The third-order valence-corrected chi connectivity index (χ3v) is 6.77. The van der Waals surface area contributed by atoms with Crippen LogP contribution in [0.1, 0.15) is 16.7 Å². The molecule has 0 atom stereocenters. The standard InChI is InChI=1S/C27H20N2O2S2/c30-26-25(33-27(32)29(26)17-20-5-4-14-28-16-20)15-19-10-12-23(13-11-19)31-18-22-8-3-7-21-6-1-2-9-24(21)22/h1-16H,17-18H2/b25-15-. The quantitative estimate of drug-likeness (QED) is 0.248.